The van der Waals surface area contributed by atoms with E-state index < -0.39 is 50.5 Å². The fourth-order valence-electron chi connectivity index (χ4n) is 0.940. The van der Waals surface area contributed by atoms with E-state index >= 15 is 0 Å². The molecule has 2 nitrogen and oxygen atoms in total. The van der Waals surface area contributed by atoms with Gasteiger partial charge in [0.25, 0.3) is 0 Å². The van der Waals surface area contributed by atoms with Crippen molar-refractivity contribution in [1.82, 2.24) is 4.98 Å². The molecule has 0 amide bonds. The maximum atomic E-state index is 8.08. The molecule has 0 N–H and O–H groups in total. The van der Waals surface area contributed by atoms with Crippen LogP contribution in [0.25, 0.3) is 0 Å². The lowest BCUT2D eigenvalue weighted by Gasteiger charge is -2.28. The molecule has 2 rings (SSSR count). The van der Waals surface area contributed by atoms with Crippen LogP contribution in [0.1, 0.15) is 42.6 Å². The van der Waals surface area contributed by atoms with Gasteiger partial charge in [0.1, 0.15) is 5.82 Å². The van der Waals surface area contributed by atoms with Crippen LogP contribution in [0.2, 0.25) is 0 Å². The van der Waals surface area contributed by atoms with E-state index in [0.717, 1.165) is 12.1 Å². The molecule has 1 aliphatic heterocycles. The van der Waals surface area contributed by atoms with Crippen LogP contribution in [0.4, 0.5) is 5.82 Å². The van der Waals surface area contributed by atoms with Crippen molar-refractivity contribution in [3.05, 3.63) is 22.3 Å². The smallest absolute Gasteiger partial charge is 0.129 e. The van der Waals surface area contributed by atoms with E-state index in [-0.39, 0.29) is 9.37 Å². The second-order valence-electron chi connectivity index (χ2n) is 2.46. The zero-order chi connectivity index (χ0) is 21.4. The number of rotatable bonds is 1. The van der Waals surface area contributed by atoms with Gasteiger partial charge in [-0.2, -0.15) is 0 Å². The average Bonchev–Trinajstić information content (AvgIpc) is 2.43. The van der Waals surface area contributed by atoms with Crippen molar-refractivity contribution in [3.8, 4) is 0 Å². The summed E-state index contributed by atoms with van der Waals surface area (Å²) in [7, 11) is 0. The van der Waals surface area contributed by atoms with E-state index in [1.54, 1.807) is 0 Å². The molecular formula is C11H15BrN2. The third-order valence-corrected chi connectivity index (χ3v) is 1.92. The first-order valence-electron chi connectivity index (χ1n) is 10.2. The molecule has 1 saturated heterocycles. The van der Waals surface area contributed by atoms with Crippen LogP contribution in [0.3, 0.4) is 0 Å². The third kappa shape index (κ3) is 2.27. The maximum Gasteiger partial charge on any atom is 0.129 e. The number of aryl methyl sites for hydroxylation is 1. The highest BCUT2D eigenvalue weighted by Gasteiger charge is 2.12. The molecule has 76 valence electrons. The summed E-state index contributed by atoms with van der Waals surface area (Å²) in [5, 5.41) is 0. The Kier molecular flexibility index (Phi) is 0.847. The van der Waals surface area contributed by atoms with Crippen LogP contribution in [-0.4, -0.2) is 18.0 Å². The van der Waals surface area contributed by atoms with Gasteiger partial charge in [0, 0.05) is 41.0 Å². The van der Waals surface area contributed by atoms with E-state index in [1.807, 2.05) is 0 Å². The molecular weight excluding hydrogens is 240 g/mol. The van der Waals surface area contributed by atoms with Gasteiger partial charge in [-0.15, -0.1) is 0 Å². The fourth-order valence-corrected chi connectivity index (χ4v) is 1.36. The second kappa shape index (κ2) is 4.30. The zero-order valence-electron chi connectivity index (χ0n) is 19.9. The minimum Gasteiger partial charge on any atom is -0.357 e. The Bertz CT molecular complexity index is 727. The second-order valence-corrected chi connectivity index (χ2v) is 3.38. The molecule has 0 aliphatic carbocycles. The van der Waals surface area contributed by atoms with Crippen LogP contribution in [0.15, 0.2) is 16.6 Å². The van der Waals surface area contributed by atoms with Gasteiger partial charge in [0.15, 0.2) is 0 Å². The van der Waals surface area contributed by atoms with E-state index in [2.05, 4.69) is 20.9 Å². The molecule has 0 radical (unpaired) electrons. The first kappa shape index (κ1) is 2.76. The Morgan fingerprint density at radius 2 is 2.21 bits per heavy atom. The van der Waals surface area contributed by atoms with Crippen molar-refractivity contribution >= 4 is 21.7 Å². The van der Waals surface area contributed by atoms with Gasteiger partial charge in [0.2, 0.25) is 0 Å². The van der Waals surface area contributed by atoms with Gasteiger partial charge in [0.05, 0.1) is 0 Å². The van der Waals surface area contributed by atoms with E-state index in [1.165, 1.54) is 0 Å². The van der Waals surface area contributed by atoms with Crippen LogP contribution in [0.5, 0.6) is 0 Å². The Hall–Kier alpha value is -0.570. The molecule has 0 unspecified atom stereocenters. The molecule has 1 aromatic rings. The first-order chi connectivity index (χ1) is 11.7. The van der Waals surface area contributed by atoms with Crippen molar-refractivity contribution in [1.29, 1.82) is 0 Å². The van der Waals surface area contributed by atoms with Crippen molar-refractivity contribution < 1.29 is 17.8 Å². The number of aromatic nitrogens is 1. The molecule has 0 bridgehead atoms. The minimum absolute atomic E-state index is 0.0291. The first-order valence-corrected chi connectivity index (χ1v) is 4.50. The molecule has 3 heteroatoms. The zero-order valence-corrected chi connectivity index (χ0v) is 8.51. The lowest BCUT2D eigenvalue weighted by Crippen LogP contribution is -2.30. The molecule has 1 fully saturated rings. The van der Waals surface area contributed by atoms with Crippen LogP contribution in [-0.2, 0) is 0 Å². The quantitative estimate of drug-likeness (QED) is 0.778. The summed E-state index contributed by atoms with van der Waals surface area (Å²) >= 11 is 3.00. The van der Waals surface area contributed by atoms with Crippen molar-refractivity contribution in [2.45, 2.75) is 26.0 Å². The number of pyridine rings is 1. The summed E-state index contributed by atoms with van der Waals surface area (Å²) in [5.74, 6) is -0.686. The molecule has 0 saturated carbocycles. The van der Waals surface area contributed by atoms with Crippen molar-refractivity contribution in [3.63, 3.8) is 0 Å². The SMILES string of the molecule is [2H]C([2H])([2H])c1cc(Br)cc(N2C([2H])([2H])C([2H])([2H])C([2H])([2H])C([2H])([2H])C2([2H])[2H])n1. The van der Waals surface area contributed by atoms with E-state index in [9.17, 15) is 0 Å². The number of nitrogens with zero attached hydrogens (tertiary/aromatic N) is 2. The number of hydrogen-bond donors (Lipinski definition) is 0. The molecule has 2 heterocycles. The van der Waals surface area contributed by atoms with Crippen molar-refractivity contribution in [2.75, 3.05) is 17.9 Å². The highest BCUT2D eigenvalue weighted by atomic mass is 79.9. The van der Waals surface area contributed by atoms with Gasteiger partial charge < -0.3 is 4.90 Å². The molecule has 1 aliphatic rings. The molecule has 0 spiro atoms. The molecule has 0 atom stereocenters. The highest BCUT2D eigenvalue weighted by molar-refractivity contribution is 9.10. The summed E-state index contributed by atoms with van der Waals surface area (Å²) in [5.41, 5.74) is -0.548. The third-order valence-electron chi connectivity index (χ3n) is 1.47. The summed E-state index contributed by atoms with van der Waals surface area (Å²) < 4.78 is 102. The molecule has 0 aromatic carbocycles. The lowest BCUT2D eigenvalue weighted by molar-refractivity contribution is 0.573. The summed E-state index contributed by atoms with van der Waals surface area (Å²) in [6, 6.07) is 2.10. The number of hydrogen-bond acceptors (Lipinski definition) is 2. The number of anilines is 1. The van der Waals surface area contributed by atoms with Crippen molar-refractivity contribution in [2.24, 2.45) is 0 Å². The van der Waals surface area contributed by atoms with Gasteiger partial charge in [-0.3, -0.25) is 0 Å². The number of halogens is 1. The normalized spacial score (nSPS) is 49.8. The predicted molar refractivity (Wildman–Crippen MR) is 62.7 cm³/mol. The average molecular weight is 268 g/mol. The van der Waals surface area contributed by atoms with Crippen LogP contribution >= 0.6 is 15.9 Å². The van der Waals surface area contributed by atoms with Crippen LogP contribution < -0.4 is 4.90 Å². The Morgan fingerprint density at radius 3 is 2.93 bits per heavy atom. The standard InChI is InChI=1S/C11H15BrN2/c1-9-7-10(12)8-11(13-9)14-5-3-2-4-6-14/h7-8H,2-6H2,1H3/i1D3,2D2,3D2,4D2,5D2,6D2. The lowest BCUT2D eigenvalue weighted by atomic mass is 10.1. The van der Waals surface area contributed by atoms with E-state index in [4.69, 9.17) is 17.8 Å². The van der Waals surface area contributed by atoms with E-state index in [0.29, 0.717) is 0 Å². The van der Waals surface area contributed by atoms with Crippen LogP contribution in [0, 0.1) is 6.85 Å². The maximum absolute atomic E-state index is 8.08. The largest absolute Gasteiger partial charge is 0.357 e. The fraction of sp³-hybridized carbons (Fsp3) is 0.545. The molecule has 1 aromatic heterocycles. The van der Waals surface area contributed by atoms with Gasteiger partial charge in [-0.25, -0.2) is 4.98 Å². The van der Waals surface area contributed by atoms with Gasteiger partial charge >= 0.3 is 0 Å². The monoisotopic (exact) mass is 267 g/mol. The summed E-state index contributed by atoms with van der Waals surface area (Å²) in [6.07, 6.45) is -10.6. The Labute approximate surface area is 112 Å². The highest BCUT2D eigenvalue weighted by Crippen LogP contribution is 2.22. The van der Waals surface area contributed by atoms with Gasteiger partial charge in [-0.1, -0.05) is 15.9 Å². The molecule has 14 heavy (non-hydrogen) atoms. The van der Waals surface area contributed by atoms with Gasteiger partial charge in [-0.05, 0) is 38.1 Å². The number of piperidine rings is 1. The summed E-state index contributed by atoms with van der Waals surface area (Å²) in [4.78, 5) is 3.73. The predicted octanol–water partition coefficient (Wildman–Crippen LogP) is 3.14. The topological polar surface area (TPSA) is 16.1 Å². The summed E-state index contributed by atoms with van der Waals surface area (Å²) in [6.45, 7) is -9.57. The Morgan fingerprint density at radius 1 is 1.43 bits per heavy atom. The Balaban J connectivity index is 2.85. The minimum atomic E-state index is -3.55.